The molecule has 0 aromatic carbocycles. The van der Waals surface area contributed by atoms with Gasteiger partial charge in [0.15, 0.2) is 0 Å². The summed E-state index contributed by atoms with van der Waals surface area (Å²) in [6.07, 6.45) is 12.8. The molecule has 0 aliphatic heterocycles. The summed E-state index contributed by atoms with van der Waals surface area (Å²) in [6, 6.07) is 0.950. The molecule has 0 aromatic rings. The Hall–Kier alpha value is -0.0800. The first-order chi connectivity index (χ1) is 9.22. The third-order valence-corrected chi connectivity index (χ3v) is 5.50. The van der Waals surface area contributed by atoms with Crippen LogP contribution in [0.2, 0.25) is 0 Å². The molecular weight excluding hydrogens is 234 g/mol. The van der Waals surface area contributed by atoms with Crippen molar-refractivity contribution < 1.29 is 5.11 Å². The molecule has 2 saturated carbocycles. The van der Waals surface area contributed by atoms with E-state index in [9.17, 15) is 5.11 Å². The Morgan fingerprint density at radius 2 is 1.58 bits per heavy atom. The molecule has 2 heteroatoms. The van der Waals surface area contributed by atoms with E-state index in [2.05, 4.69) is 19.2 Å². The van der Waals surface area contributed by atoms with Gasteiger partial charge in [0.25, 0.3) is 0 Å². The summed E-state index contributed by atoms with van der Waals surface area (Å²) in [5.74, 6) is 2.36. The summed E-state index contributed by atoms with van der Waals surface area (Å²) in [5.41, 5.74) is 0. The molecular formula is C17H33NO. The number of aliphatic hydroxyl groups excluding tert-OH is 1. The fraction of sp³-hybridized carbons (Fsp3) is 1.00. The van der Waals surface area contributed by atoms with Crippen LogP contribution in [0.1, 0.15) is 71.6 Å². The van der Waals surface area contributed by atoms with Gasteiger partial charge in [-0.05, 0) is 30.6 Å². The third kappa shape index (κ3) is 4.19. The predicted octanol–water partition coefficient (Wildman–Crippen LogP) is 3.73. The summed E-state index contributed by atoms with van der Waals surface area (Å²) in [7, 11) is 0. The van der Waals surface area contributed by atoms with Crippen LogP contribution in [0.15, 0.2) is 0 Å². The van der Waals surface area contributed by atoms with Gasteiger partial charge in [0.1, 0.15) is 0 Å². The summed E-state index contributed by atoms with van der Waals surface area (Å²) in [6.45, 7) is 4.71. The minimum absolute atomic E-state index is 0.283. The Morgan fingerprint density at radius 1 is 0.947 bits per heavy atom. The van der Waals surface area contributed by atoms with E-state index in [1.807, 2.05) is 0 Å². The largest absolute Gasteiger partial charge is 0.395 e. The molecule has 19 heavy (non-hydrogen) atoms. The molecule has 2 nitrogen and oxygen atoms in total. The lowest BCUT2D eigenvalue weighted by Crippen LogP contribution is -2.50. The second-order valence-corrected chi connectivity index (χ2v) is 7.15. The van der Waals surface area contributed by atoms with Crippen LogP contribution < -0.4 is 5.32 Å². The van der Waals surface area contributed by atoms with Crippen LogP contribution >= 0.6 is 0 Å². The molecule has 0 heterocycles. The second kappa shape index (κ2) is 7.64. The topological polar surface area (TPSA) is 32.3 Å². The lowest BCUT2D eigenvalue weighted by atomic mass is 9.70. The zero-order chi connectivity index (χ0) is 13.7. The van der Waals surface area contributed by atoms with Gasteiger partial charge >= 0.3 is 0 Å². The summed E-state index contributed by atoms with van der Waals surface area (Å²) in [5, 5.41) is 13.4. The average Bonchev–Trinajstić information content (AvgIpc) is 2.45. The Balaban J connectivity index is 1.94. The van der Waals surface area contributed by atoms with Gasteiger partial charge in [-0.25, -0.2) is 0 Å². The highest BCUT2D eigenvalue weighted by atomic mass is 16.3. The molecule has 0 bridgehead atoms. The minimum Gasteiger partial charge on any atom is -0.395 e. The maximum absolute atomic E-state index is 9.56. The first kappa shape index (κ1) is 15.3. The van der Waals surface area contributed by atoms with E-state index >= 15 is 0 Å². The average molecular weight is 267 g/mol. The van der Waals surface area contributed by atoms with Gasteiger partial charge in [0.05, 0.1) is 6.61 Å². The van der Waals surface area contributed by atoms with Crippen molar-refractivity contribution in [1.29, 1.82) is 0 Å². The first-order valence-electron chi connectivity index (χ1n) is 8.59. The fourth-order valence-corrected chi connectivity index (χ4v) is 4.22. The van der Waals surface area contributed by atoms with Gasteiger partial charge in [-0.2, -0.15) is 0 Å². The smallest absolute Gasteiger partial charge is 0.0587 e. The molecule has 0 spiro atoms. The normalized spacial score (nSPS) is 31.6. The minimum atomic E-state index is 0.283. The quantitative estimate of drug-likeness (QED) is 0.795. The van der Waals surface area contributed by atoms with Crippen LogP contribution in [-0.4, -0.2) is 23.8 Å². The van der Waals surface area contributed by atoms with Gasteiger partial charge in [-0.3, -0.25) is 0 Å². The highest BCUT2D eigenvalue weighted by Gasteiger charge is 2.33. The summed E-state index contributed by atoms with van der Waals surface area (Å²) >= 11 is 0. The molecule has 0 saturated heterocycles. The van der Waals surface area contributed by atoms with Crippen molar-refractivity contribution in [2.45, 2.75) is 83.7 Å². The Morgan fingerprint density at radius 3 is 2.21 bits per heavy atom. The van der Waals surface area contributed by atoms with Gasteiger partial charge in [0.2, 0.25) is 0 Å². The standard InChI is InChI=1S/C17H33NO/c1-13(2)17(12-19)18-16-11-7-6-10-15(16)14-8-4-3-5-9-14/h13-19H,3-12H2,1-2H3/t15?,16?,17-/m1/s1. The number of rotatable bonds is 5. The molecule has 0 amide bonds. The molecule has 112 valence electrons. The molecule has 2 unspecified atom stereocenters. The van der Waals surface area contributed by atoms with Gasteiger partial charge in [-0.15, -0.1) is 0 Å². The van der Waals surface area contributed by atoms with Gasteiger partial charge < -0.3 is 10.4 Å². The number of hydrogen-bond donors (Lipinski definition) is 2. The van der Waals surface area contributed by atoms with Crippen molar-refractivity contribution in [3.8, 4) is 0 Å². The van der Waals surface area contributed by atoms with Crippen LogP contribution in [0.4, 0.5) is 0 Å². The maximum atomic E-state index is 9.56. The molecule has 2 fully saturated rings. The monoisotopic (exact) mass is 267 g/mol. The van der Waals surface area contributed by atoms with Crippen molar-refractivity contribution in [3.63, 3.8) is 0 Å². The summed E-state index contributed by atoms with van der Waals surface area (Å²) in [4.78, 5) is 0. The van der Waals surface area contributed by atoms with Crippen molar-refractivity contribution in [1.82, 2.24) is 5.32 Å². The predicted molar refractivity (Wildman–Crippen MR) is 81.2 cm³/mol. The van der Waals surface area contributed by atoms with Crippen molar-refractivity contribution >= 4 is 0 Å². The van der Waals surface area contributed by atoms with Crippen LogP contribution in [-0.2, 0) is 0 Å². The van der Waals surface area contributed by atoms with Crippen LogP contribution in [0.25, 0.3) is 0 Å². The van der Waals surface area contributed by atoms with Gasteiger partial charge in [-0.1, -0.05) is 58.8 Å². The van der Waals surface area contributed by atoms with E-state index in [0.717, 1.165) is 11.8 Å². The Kier molecular flexibility index (Phi) is 6.15. The van der Waals surface area contributed by atoms with Crippen molar-refractivity contribution in [3.05, 3.63) is 0 Å². The van der Waals surface area contributed by atoms with E-state index in [0.29, 0.717) is 12.0 Å². The summed E-state index contributed by atoms with van der Waals surface area (Å²) < 4.78 is 0. The molecule has 0 radical (unpaired) electrons. The second-order valence-electron chi connectivity index (χ2n) is 7.15. The molecule has 2 aliphatic carbocycles. The van der Waals surface area contributed by atoms with Crippen LogP contribution in [0, 0.1) is 17.8 Å². The van der Waals surface area contributed by atoms with Crippen LogP contribution in [0.3, 0.4) is 0 Å². The zero-order valence-corrected chi connectivity index (χ0v) is 12.9. The maximum Gasteiger partial charge on any atom is 0.0587 e. The highest BCUT2D eigenvalue weighted by molar-refractivity contribution is 4.89. The van der Waals surface area contributed by atoms with Crippen molar-refractivity contribution in [2.24, 2.45) is 17.8 Å². The van der Waals surface area contributed by atoms with Crippen molar-refractivity contribution in [2.75, 3.05) is 6.61 Å². The molecule has 3 atom stereocenters. The van der Waals surface area contributed by atoms with E-state index in [1.54, 1.807) is 0 Å². The lowest BCUT2D eigenvalue weighted by Gasteiger charge is -2.41. The van der Waals surface area contributed by atoms with Gasteiger partial charge in [0, 0.05) is 12.1 Å². The Bertz CT molecular complexity index is 248. The number of nitrogens with one attached hydrogen (secondary N) is 1. The number of aliphatic hydroxyl groups is 1. The highest BCUT2D eigenvalue weighted by Crippen LogP contribution is 2.38. The third-order valence-electron chi connectivity index (χ3n) is 5.50. The lowest BCUT2D eigenvalue weighted by molar-refractivity contribution is 0.117. The van der Waals surface area contributed by atoms with E-state index in [1.165, 1.54) is 57.8 Å². The fourth-order valence-electron chi connectivity index (χ4n) is 4.22. The molecule has 0 aromatic heterocycles. The SMILES string of the molecule is CC(C)[C@@H](CO)NC1CCCCC1C1CCCCC1. The van der Waals surface area contributed by atoms with E-state index in [4.69, 9.17) is 0 Å². The molecule has 2 N–H and O–H groups in total. The molecule has 2 rings (SSSR count). The Labute approximate surface area is 119 Å². The van der Waals surface area contributed by atoms with Crippen LogP contribution in [0.5, 0.6) is 0 Å². The number of hydrogen-bond acceptors (Lipinski definition) is 2. The zero-order valence-electron chi connectivity index (χ0n) is 12.9. The first-order valence-corrected chi connectivity index (χ1v) is 8.59. The molecule has 2 aliphatic rings. The van der Waals surface area contributed by atoms with E-state index < -0.39 is 0 Å². The van der Waals surface area contributed by atoms with E-state index in [-0.39, 0.29) is 12.6 Å².